The molecule has 0 saturated carbocycles. The Morgan fingerprint density at radius 1 is 1.10 bits per heavy atom. The molecular formula is C24H24N2O5. The number of likely N-dealkylation sites (tertiary alicyclic amines) is 1. The minimum absolute atomic E-state index is 0.169. The Hall–Kier alpha value is -3.32. The highest BCUT2D eigenvalue weighted by molar-refractivity contribution is 5.92. The fourth-order valence-electron chi connectivity index (χ4n) is 4.52. The van der Waals surface area contributed by atoms with Crippen LogP contribution in [-0.2, 0) is 11.3 Å². The van der Waals surface area contributed by atoms with Gasteiger partial charge in [-0.3, -0.25) is 9.69 Å². The third kappa shape index (κ3) is 4.01. The monoisotopic (exact) mass is 420 g/mol. The fraction of sp³-hybridized carbons (Fsp3) is 0.333. The molecule has 2 aliphatic rings. The zero-order valence-electron chi connectivity index (χ0n) is 17.3. The predicted molar refractivity (Wildman–Crippen MR) is 117 cm³/mol. The van der Waals surface area contributed by atoms with E-state index in [0.29, 0.717) is 31.0 Å². The summed E-state index contributed by atoms with van der Waals surface area (Å²) in [5.74, 6) is 1.42. The summed E-state index contributed by atoms with van der Waals surface area (Å²) in [6.07, 6.45) is 2.14. The van der Waals surface area contributed by atoms with Gasteiger partial charge in [-0.1, -0.05) is 6.07 Å². The Morgan fingerprint density at radius 2 is 1.94 bits per heavy atom. The van der Waals surface area contributed by atoms with Crippen molar-refractivity contribution in [2.24, 2.45) is 0 Å². The van der Waals surface area contributed by atoms with Gasteiger partial charge in [-0.15, -0.1) is 0 Å². The molecule has 0 aliphatic carbocycles. The van der Waals surface area contributed by atoms with Crippen LogP contribution < -0.4 is 20.4 Å². The number of hydrogen-bond donors (Lipinski definition) is 1. The first-order valence-electron chi connectivity index (χ1n) is 10.5. The third-order valence-corrected chi connectivity index (χ3v) is 5.84. The van der Waals surface area contributed by atoms with Crippen molar-refractivity contribution in [3.63, 3.8) is 0 Å². The van der Waals surface area contributed by atoms with Crippen LogP contribution >= 0.6 is 0 Å². The first-order chi connectivity index (χ1) is 15.1. The Labute approximate surface area is 179 Å². The lowest BCUT2D eigenvalue weighted by Crippen LogP contribution is -2.24. The van der Waals surface area contributed by atoms with Crippen molar-refractivity contribution in [2.45, 2.75) is 32.4 Å². The molecule has 3 heterocycles. The lowest BCUT2D eigenvalue weighted by atomic mass is 10.0. The molecule has 1 unspecified atom stereocenters. The Morgan fingerprint density at radius 3 is 2.77 bits per heavy atom. The number of anilines is 1. The van der Waals surface area contributed by atoms with Gasteiger partial charge in [0.2, 0.25) is 5.91 Å². The second-order valence-corrected chi connectivity index (χ2v) is 8.01. The molecule has 5 rings (SSSR count). The van der Waals surface area contributed by atoms with Gasteiger partial charge in [0, 0.05) is 42.7 Å². The van der Waals surface area contributed by atoms with E-state index in [4.69, 9.17) is 13.9 Å². The van der Waals surface area contributed by atoms with E-state index in [1.165, 1.54) is 12.5 Å². The highest BCUT2D eigenvalue weighted by atomic mass is 16.6. The maximum Gasteiger partial charge on any atom is 0.336 e. The zero-order valence-corrected chi connectivity index (χ0v) is 17.3. The van der Waals surface area contributed by atoms with Crippen LogP contribution in [0.1, 0.15) is 36.9 Å². The van der Waals surface area contributed by atoms with Crippen molar-refractivity contribution in [1.29, 1.82) is 0 Å². The van der Waals surface area contributed by atoms with Crippen LogP contribution in [0.15, 0.2) is 51.7 Å². The van der Waals surface area contributed by atoms with Gasteiger partial charge < -0.3 is 19.2 Å². The first kappa shape index (κ1) is 19.6. The van der Waals surface area contributed by atoms with Crippen molar-refractivity contribution < 1.29 is 18.7 Å². The van der Waals surface area contributed by atoms with Crippen LogP contribution in [-0.4, -0.2) is 30.6 Å². The second-order valence-electron chi connectivity index (χ2n) is 8.01. The summed E-state index contributed by atoms with van der Waals surface area (Å²) in [7, 11) is 0. The first-order valence-corrected chi connectivity index (χ1v) is 10.5. The van der Waals surface area contributed by atoms with E-state index >= 15 is 0 Å². The molecule has 7 heteroatoms. The topological polar surface area (TPSA) is 81.0 Å². The van der Waals surface area contributed by atoms with Crippen molar-refractivity contribution in [3.8, 4) is 11.5 Å². The Balaban J connectivity index is 1.44. The quantitative estimate of drug-likeness (QED) is 0.646. The molecule has 160 valence electrons. The van der Waals surface area contributed by atoms with Gasteiger partial charge in [0.05, 0.1) is 0 Å². The predicted octanol–water partition coefficient (Wildman–Crippen LogP) is 3.86. The number of nitrogens with one attached hydrogen (secondary N) is 1. The normalized spacial score (nSPS) is 18.3. The van der Waals surface area contributed by atoms with Crippen LogP contribution in [0.25, 0.3) is 11.0 Å². The molecule has 1 atom stereocenters. The van der Waals surface area contributed by atoms with Crippen molar-refractivity contribution in [3.05, 3.63) is 64.0 Å². The van der Waals surface area contributed by atoms with Gasteiger partial charge in [-0.05, 0) is 54.8 Å². The van der Waals surface area contributed by atoms with Crippen LogP contribution in [0.2, 0.25) is 0 Å². The average Bonchev–Trinajstić information content (AvgIpc) is 3.20. The largest absolute Gasteiger partial charge is 0.486 e. The van der Waals surface area contributed by atoms with Gasteiger partial charge in [0.25, 0.3) is 0 Å². The number of hydrogen-bond acceptors (Lipinski definition) is 6. The van der Waals surface area contributed by atoms with E-state index in [9.17, 15) is 9.59 Å². The molecule has 1 saturated heterocycles. The number of ether oxygens (including phenoxy) is 2. The fourth-order valence-corrected chi connectivity index (χ4v) is 4.52. The Bertz CT molecular complexity index is 1200. The number of carbonyl (C=O) groups excluding carboxylic acids is 1. The van der Waals surface area contributed by atoms with Crippen LogP contribution in [0.3, 0.4) is 0 Å². The third-order valence-electron chi connectivity index (χ3n) is 5.84. The number of nitrogens with zero attached hydrogens (tertiary/aromatic N) is 1. The lowest BCUT2D eigenvalue weighted by molar-refractivity contribution is -0.114. The number of rotatable bonds is 4. The summed E-state index contributed by atoms with van der Waals surface area (Å²) in [6, 6.07) is 13.4. The van der Waals surface area contributed by atoms with Gasteiger partial charge in [0.1, 0.15) is 18.8 Å². The molecule has 1 fully saturated rings. The maximum absolute atomic E-state index is 12.2. The molecule has 1 amide bonds. The minimum Gasteiger partial charge on any atom is -0.486 e. The summed E-state index contributed by atoms with van der Waals surface area (Å²) in [4.78, 5) is 26.0. The molecule has 2 aliphatic heterocycles. The van der Waals surface area contributed by atoms with E-state index in [1.807, 2.05) is 18.2 Å². The summed E-state index contributed by atoms with van der Waals surface area (Å²) >= 11 is 0. The molecule has 1 N–H and O–H groups in total. The smallest absolute Gasteiger partial charge is 0.336 e. The molecule has 0 radical (unpaired) electrons. The molecular weight excluding hydrogens is 396 g/mol. The van der Waals surface area contributed by atoms with Crippen molar-refractivity contribution in [2.75, 3.05) is 25.1 Å². The number of fused-ring (bicyclic) bond motifs is 2. The molecule has 0 spiro atoms. The SMILES string of the molecule is CC(=O)Nc1ccc2c(CN3CCCC3c3ccc4c(c3)OCCO4)cc(=O)oc2c1. The maximum atomic E-state index is 12.2. The molecule has 3 aromatic rings. The molecule has 7 nitrogen and oxygen atoms in total. The number of carbonyl (C=O) groups is 1. The second kappa shape index (κ2) is 8.07. The van der Waals surface area contributed by atoms with Crippen molar-refractivity contribution >= 4 is 22.6 Å². The highest BCUT2D eigenvalue weighted by Gasteiger charge is 2.28. The van der Waals surface area contributed by atoms with Gasteiger partial charge >= 0.3 is 5.63 Å². The number of benzene rings is 2. The standard InChI is InChI=1S/C24H24N2O5/c1-15(27)25-18-5-6-19-17(12-24(28)31-22(19)13-18)14-26-8-2-3-20(26)16-4-7-21-23(11-16)30-10-9-29-21/h4-7,11-13,20H,2-3,8-10,14H2,1H3,(H,25,27). The average molecular weight is 420 g/mol. The summed E-state index contributed by atoms with van der Waals surface area (Å²) in [5, 5.41) is 3.61. The number of amides is 1. The highest BCUT2D eigenvalue weighted by Crippen LogP contribution is 2.39. The Kier molecular flexibility index (Phi) is 5.11. The molecule has 1 aromatic heterocycles. The summed E-state index contributed by atoms with van der Waals surface area (Å²) < 4.78 is 16.8. The zero-order chi connectivity index (χ0) is 21.4. The van der Waals surface area contributed by atoms with Gasteiger partial charge in [-0.25, -0.2) is 4.79 Å². The minimum atomic E-state index is -0.391. The van der Waals surface area contributed by atoms with E-state index < -0.39 is 5.63 Å². The van der Waals surface area contributed by atoms with Gasteiger partial charge in [0.15, 0.2) is 11.5 Å². The summed E-state index contributed by atoms with van der Waals surface area (Å²) in [5.41, 5.74) is 2.81. The van der Waals surface area contributed by atoms with Gasteiger partial charge in [-0.2, -0.15) is 0 Å². The molecule has 0 bridgehead atoms. The molecule has 2 aromatic carbocycles. The van der Waals surface area contributed by atoms with Crippen molar-refractivity contribution in [1.82, 2.24) is 4.90 Å². The van der Waals surface area contributed by atoms with E-state index in [-0.39, 0.29) is 11.9 Å². The van der Waals surface area contributed by atoms with E-state index in [2.05, 4.69) is 22.3 Å². The summed E-state index contributed by atoms with van der Waals surface area (Å²) in [6.45, 7) is 4.18. The van der Waals surface area contributed by atoms with E-state index in [1.54, 1.807) is 12.1 Å². The van der Waals surface area contributed by atoms with Crippen LogP contribution in [0, 0.1) is 0 Å². The van der Waals surface area contributed by atoms with Crippen LogP contribution in [0.5, 0.6) is 11.5 Å². The van der Waals surface area contributed by atoms with E-state index in [0.717, 1.165) is 41.8 Å². The molecule has 31 heavy (non-hydrogen) atoms. The lowest BCUT2D eigenvalue weighted by Gasteiger charge is -2.27. The van der Waals surface area contributed by atoms with Crippen LogP contribution in [0.4, 0.5) is 5.69 Å².